The van der Waals surface area contributed by atoms with Gasteiger partial charge in [-0.1, -0.05) is 156 Å². The topological polar surface area (TPSA) is 0 Å². The normalized spacial score (nSPS) is 12.6. The molecule has 0 unspecified atom stereocenters. The summed E-state index contributed by atoms with van der Waals surface area (Å²) in [5.74, 6) is 0. The molecule has 39 heavy (non-hydrogen) atoms. The molecule has 5 aromatic rings. The van der Waals surface area contributed by atoms with Gasteiger partial charge in [-0.25, -0.2) is 0 Å². The van der Waals surface area contributed by atoms with Crippen LogP contribution in [0.1, 0.15) is 50.1 Å². The molecule has 0 atom stereocenters. The largest absolute Gasteiger partial charge is 0.0622 e. The van der Waals surface area contributed by atoms with Crippen LogP contribution in [-0.2, 0) is 12.8 Å². The third-order valence-electron chi connectivity index (χ3n) is 7.28. The van der Waals surface area contributed by atoms with Crippen molar-refractivity contribution in [2.45, 2.75) is 33.6 Å². The van der Waals surface area contributed by atoms with Crippen LogP contribution >= 0.6 is 0 Å². The van der Waals surface area contributed by atoms with Crippen molar-refractivity contribution in [3.8, 4) is 0 Å². The Balaban J connectivity index is 0.000000128. The molecule has 0 saturated heterocycles. The zero-order valence-corrected chi connectivity index (χ0v) is 23.2. The predicted molar refractivity (Wildman–Crippen MR) is 170 cm³/mol. The molecule has 0 radical (unpaired) electrons. The lowest BCUT2D eigenvalue weighted by molar-refractivity contribution is 1.29. The summed E-state index contributed by atoms with van der Waals surface area (Å²) in [6.07, 6.45) is 6.75. The summed E-state index contributed by atoms with van der Waals surface area (Å²) in [5, 5.41) is 0. The highest BCUT2D eigenvalue weighted by molar-refractivity contribution is 5.89. The molecule has 0 bridgehead atoms. The summed E-state index contributed by atoms with van der Waals surface area (Å²) in [7, 11) is 0. The number of fused-ring (bicyclic) bond motifs is 2. The summed E-state index contributed by atoms with van der Waals surface area (Å²) in [4.78, 5) is 0. The van der Waals surface area contributed by atoms with Crippen molar-refractivity contribution in [3.63, 3.8) is 0 Å². The summed E-state index contributed by atoms with van der Waals surface area (Å²) >= 11 is 0. The van der Waals surface area contributed by atoms with Gasteiger partial charge in [0.15, 0.2) is 0 Å². The maximum absolute atomic E-state index is 2.31. The van der Waals surface area contributed by atoms with Crippen molar-refractivity contribution < 1.29 is 0 Å². The SMILES string of the molecule is Cc1ccc(C2=Cc3ccccc3C2)cc1.Cc1ccc2c(c1)CC(c1ccccc1)=C2.Cc1ccccc1. The highest BCUT2D eigenvalue weighted by Gasteiger charge is 2.14. The fraction of sp³-hybridized carbons (Fsp3) is 0.128. The molecule has 0 saturated carbocycles. The van der Waals surface area contributed by atoms with Gasteiger partial charge < -0.3 is 0 Å². The molecule has 0 fully saturated rings. The van der Waals surface area contributed by atoms with E-state index in [9.17, 15) is 0 Å². The molecule has 0 nitrogen and oxygen atoms in total. The first kappa shape index (κ1) is 26.2. The molecule has 0 aliphatic heterocycles. The molecule has 2 aliphatic carbocycles. The maximum atomic E-state index is 2.31. The van der Waals surface area contributed by atoms with Gasteiger partial charge in [-0.15, -0.1) is 0 Å². The van der Waals surface area contributed by atoms with Gasteiger partial charge >= 0.3 is 0 Å². The molecule has 0 aromatic heterocycles. The molecule has 0 spiro atoms. The van der Waals surface area contributed by atoms with Crippen LogP contribution in [0.15, 0.2) is 127 Å². The van der Waals surface area contributed by atoms with Crippen LogP contribution in [0.5, 0.6) is 0 Å². The highest BCUT2D eigenvalue weighted by atomic mass is 14.2. The summed E-state index contributed by atoms with van der Waals surface area (Å²) < 4.78 is 0. The van der Waals surface area contributed by atoms with Crippen LogP contribution in [-0.4, -0.2) is 0 Å². The van der Waals surface area contributed by atoms with Gasteiger partial charge in [0, 0.05) is 0 Å². The molecule has 5 aromatic carbocycles. The standard InChI is InChI=1S/2C16H14.C7H8/c1-12-6-8-13(9-7-12)16-10-14-4-2-3-5-15(14)11-16;1-12-7-8-14-10-16(11-15(14)9-12)13-5-3-2-4-6-13;1-7-5-3-2-4-6-7/h2*2-10H,11H2,1H3;2-6H,1H3. The van der Waals surface area contributed by atoms with E-state index in [1.807, 2.05) is 18.2 Å². The number of rotatable bonds is 2. The minimum Gasteiger partial charge on any atom is -0.0622 e. The summed E-state index contributed by atoms with van der Waals surface area (Å²) in [6, 6.07) is 45.0. The fourth-order valence-corrected chi connectivity index (χ4v) is 5.08. The molecule has 0 heterocycles. The fourth-order valence-electron chi connectivity index (χ4n) is 5.08. The zero-order valence-electron chi connectivity index (χ0n) is 23.2. The van der Waals surface area contributed by atoms with Crippen molar-refractivity contribution in [2.24, 2.45) is 0 Å². The Labute approximate surface area is 234 Å². The van der Waals surface area contributed by atoms with Gasteiger partial charge in [-0.2, -0.15) is 0 Å². The Morgan fingerprint density at radius 2 is 0.872 bits per heavy atom. The molecule has 0 heteroatoms. The van der Waals surface area contributed by atoms with Crippen LogP contribution in [0.2, 0.25) is 0 Å². The van der Waals surface area contributed by atoms with Crippen molar-refractivity contribution in [1.82, 2.24) is 0 Å². The average molecular weight is 505 g/mol. The van der Waals surface area contributed by atoms with Crippen LogP contribution in [0.3, 0.4) is 0 Å². The minimum atomic E-state index is 1.07. The van der Waals surface area contributed by atoms with Crippen molar-refractivity contribution in [2.75, 3.05) is 0 Å². The first-order valence-electron chi connectivity index (χ1n) is 13.8. The van der Waals surface area contributed by atoms with Crippen LogP contribution in [0.4, 0.5) is 0 Å². The Bertz CT molecular complexity index is 1580. The van der Waals surface area contributed by atoms with E-state index in [-0.39, 0.29) is 0 Å². The lowest BCUT2D eigenvalue weighted by Gasteiger charge is -2.02. The summed E-state index contributed by atoms with van der Waals surface area (Å²) in [6.45, 7) is 6.36. The van der Waals surface area contributed by atoms with Crippen molar-refractivity contribution >= 4 is 23.3 Å². The van der Waals surface area contributed by atoms with Gasteiger partial charge in [-0.3, -0.25) is 0 Å². The van der Waals surface area contributed by atoms with E-state index in [1.54, 1.807) is 0 Å². The van der Waals surface area contributed by atoms with Gasteiger partial charge in [0.25, 0.3) is 0 Å². The lowest BCUT2D eigenvalue weighted by Crippen LogP contribution is -1.86. The molecule has 7 rings (SSSR count). The quantitative estimate of drug-likeness (QED) is 0.224. The van der Waals surface area contributed by atoms with E-state index in [4.69, 9.17) is 0 Å². The molecular weight excluding hydrogens is 468 g/mol. The number of benzene rings is 5. The predicted octanol–water partition coefficient (Wildman–Crippen LogP) is 10.2. The van der Waals surface area contributed by atoms with E-state index in [2.05, 4.69) is 142 Å². The smallest absolute Gasteiger partial charge is 0.00136 e. The van der Waals surface area contributed by atoms with E-state index in [1.165, 1.54) is 61.2 Å². The second-order valence-electron chi connectivity index (χ2n) is 10.5. The monoisotopic (exact) mass is 504 g/mol. The van der Waals surface area contributed by atoms with E-state index in [0.717, 1.165) is 12.8 Å². The highest BCUT2D eigenvalue weighted by Crippen LogP contribution is 2.32. The second kappa shape index (κ2) is 12.4. The molecule has 192 valence electrons. The number of aryl methyl sites for hydroxylation is 3. The third kappa shape index (κ3) is 6.92. The Hall–Kier alpha value is -4.42. The number of hydrogen-bond donors (Lipinski definition) is 0. The second-order valence-corrected chi connectivity index (χ2v) is 10.5. The van der Waals surface area contributed by atoms with Crippen LogP contribution in [0, 0.1) is 20.8 Å². The van der Waals surface area contributed by atoms with Gasteiger partial charge in [0.05, 0.1) is 0 Å². The van der Waals surface area contributed by atoms with Gasteiger partial charge in [0.2, 0.25) is 0 Å². The Morgan fingerprint density at radius 3 is 1.49 bits per heavy atom. The Kier molecular flexibility index (Phi) is 8.34. The maximum Gasteiger partial charge on any atom is -0.00136 e. The van der Waals surface area contributed by atoms with Gasteiger partial charge in [0.1, 0.15) is 0 Å². The first-order chi connectivity index (χ1) is 19.0. The number of hydrogen-bond acceptors (Lipinski definition) is 0. The van der Waals surface area contributed by atoms with Crippen LogP contribution < -0.4 is 0 Å². The Morgan fingerprint density at radius 1 is 0.385 bits per heavy atom. The molecule has 2 aliphatic rings. The first-order valence-corrected chi connectivity index (χ1v) is 13.8. The van der Waals surface area contributed by atoms with E-state index < -0.39 is 0 Å². The van der Waals surface area contributed by atoms with Gasteiger partial charge in [-0.05, 0) is 78.1 Å². The van der Waals surface area contributed by atoms with E-state index in [0.29, 0.717) is 0 Å². The third-order valence-corrected chi connectivity index (χ3v) is 7.28. The van der Waals surface area contributed by atoms with E-state index >= 15 is 0 Å². The van der Waals surface area contributed by atoms with Crippen molar-refractivity contribution in [3.05, 3.63) is 177 Å². The minimum absolute atomic E-state index is 1.07. The zero-order chi connectivity index (χ0) is 27.0. The number of allylic oxidation sites excluding steroid dienone is 2. The lowest BCUT2D eigenvalue weighted by atomic mass is 10.0. The van der Waals surface area contributed by atoms with Crippen molar-refractivity contribution in [1.29, 1.82) is 0 Å². The molecule has 0 amide bonds. The molecular formula is C39H36. The molecule has 0 N–H and O–H groups in total. The summed E-state index contributed by atoms with van der Waals surface area (Å²) in [5.41, 5.74) is 15.2. The average Bonchev–Trinajstić information content (AvgIpc) is 3.59. The van der Waals surface area contributed by atoms with Crippen LogP contribution in [0.25, 0.3) is 23.3 Å².